The summed E-state index contributed by atoms with van der Waals surface area (Å²) in [6.07, 6.45) is 5.95. The van der Waals surface area contributed by atoms with Gasteiger partial charge in [0.25, 0.3) is 0 Å². The number of aromatic nitrogens is 2. The zero-order valence-corrected chi connectivity index (χ0v) is 11.7. The van der Waals surface area contributed by atoms with Crippen LogP contribution in [0.3, 0.4) is 0 Å². The monoisotopic (exact) mass is 253 g/mol. The summed E-state index contributed by atoms with van der Waals surface area (Å²) < 4.78 is 1.99. The van der Waals surface area contributed by atoms with Crippen molar-refractivity contribution < 1.29 is 0 Å². The lowest BCUT2D eigenvalue weighted by Crippen LogP contribution is -2.36. The minimum atomic E-state index is 0.278. The van der Waals surface area contributed by atoms with Gasteiger partial charge in [-0.05, 0) is 31.1 Å². The molecule has 0 spiro atoms. The van der Waals surface area contributed by atoms with E-state index in [2.05, 4.69) is 29.9 Å². The topological polar surface area (TPSA) is 43.8 Å². The number of nitrogens with zero attached hydrogens (tertiary/aromatic N) is 2. The minimum absolute atomic E-state index is 0.278. The molecule has 17 heavy (non-hydrogen) atoms. The molecule has 1 aromatic rings. The maximum atomic E-state index is 6.34. The van der Waals surface area contributed by atoms with Crippen molar-refractivity contribution >= 4 is 11.8 Å². The third kappa shape index (κ3) is 3.26. The van der Waals surface area contributed by atoms with Gasteiger partial charge >= 0.3 is 0 Å². The van der Waals surface area contributed by atoms with Crippen molar-refractivity contribution in [2.45, 2.75) is 50.3 Å². The third-order valence-electron chi connectivity index (χ3n) is 3.53. The van der Waals surface area contributed by atoms with Crippen molar-refractivity contribution in [2.24, 2.45) is 12.8 Å². The van der Waals surface area contributed by atoms with Crippen LogP contribution in [-0.4, -0.2) is 26.8 Å². The van der Waals surface area contributed by atoms with Gasteiger partial charge in [0.05, 0.1) is 5.69 Å². The minimum Gasteiger partial charge on any atom is -0.326 e. The fourth-order valence-corrected chi connectivity index (χ4v) is 3.76. The predicted octanol–water partition coefficient (Wildman–Crippen LogP) is 2.14. The Labute approximate surface area is 108 Å². The molecule has 4 heteroatoms. The highest BCUT2D eigenvalue weighted by Crippen LogP contribution is 2.28. The summed E-state index contributed by atoms with van der Waals surface area (Å²) in [5.41, 5.74) is 8.79. The van der Waals surface area contributed by atoms with Crippen molar-refractivity contribution in [2.75, 3.05) is 5.75 Å². The molecule has 0 amide bonds. The standard InChI is InChI=1S/C13H23N3S/c1-3-10-8-11(16(2)15-10)9-12(14)13-6-4-5-7-17-13/h8,12-13H,3-7,9,14H2,1-2H3. The summed E-state index contributed by atoms with van der Waals surface area (Å²) in [5.74, 6) is 1.28. The average Bonchev–Trinajstić information content (AvgIpc) is 2.71. The molecule has 2 N–H and O–H groups in total. The van der Waals surface area contributed by atoms with Crippen LogP contribution in [0, 0.1) is 0 Å². The maximum Gasteiger partial charge on any atom is 0.0624 e. The molecule has 3 nitrogen and oxygen atoms in total. The Morgan fingerprint density at radius 3 is 3.00 bits per heavy atom. The molecule has 2 atom stereocenters. The van der Waals surface area contributed by atoms with E-state index in [0.717, 1.165) is 12.8 Å². The molecule has 0 saturated carbocycles. The number of aryl methyl sites for hydroxylation is 2. The van der Waals surface area contributed by atoms with E-state index in [1.165, 1.54) is 36.4 Å². The third-order valence-corrected chi connectivity index (χ3v) is 5.06. The lowest BCUT2D eigenvalue weighted by atomic mass is 10.0. The number of hydrogen-bond acceptors (Lipinski definition) is 3. The fraction of sp³-hybridized carbons (Fsp3) is 0.769. The molecule has 0 aromatic carbocycles. The van der Waals surface area contributed by atoms with Crippen molar-refractivity contribution in [3.8, 4) is 0 Å². The van der Waals surface area contributed by atoms with E-state index in [1.54, 1.807) is 0 Å². The molecule has 2 heterocycles. The molecule has 0 aliphatic carbocycles. The maximum absolute atomic E-state index is 6.34. The zero-order chi connectivity index (χ0) is 12.3. The van der Waals surface area contributed by atoms with Gasteiger partial charge in [0, 0.05) is 30.5 Å². The predicted molar refractivity (Wildman–Crippen MR) is 74.4 cm³/mol. The van der Waals surface area contributed by atoms with Crippen molar-refractivity contribution in [1.29, 1.82) is 0 Å². The van der Waals surface area contributed by atoms with Crippen LogP contribution in [-0.2, 0) is 19.9 Å². The summed E-state index contributed by atoms with van der Waals surface area (Å²) in [6.45, 7) is 2.14. The van der Waals surface area contributed by atoms with Crippen LogP contribution in [0.25, 0.3) is 0 Å². The summed E-state index contributed by atoms with van der Waals surface area (Å²) in [4.78, 5) is 0. The molecular weight excluding hydrogens is 230 g/mol. The van der Waals surface area contributed by atoms with Crippen LogP contribution in [0.4, 0.5) is 0 Å². The summed E-state index contributed by atoms with van der Waals surface area (Å²) in [7, 11) is 2.02. The second-order valence-corrected chi connectivity index (χ2v) is 6.22. The van der Waals surface area contributed by atoms with Gasteiger partial charge in [-0.3, -0.25) is 4.68 Å². The van der Waals surface area contributed by atoms with E-state index >= 15 is 0 Å². The van der Waals surface area contributed by atoms with Crippen LogP contribution in [0.5, 0.6) is 0 Å². The van der Waals surface area contributed by atoms with Gasteiger partial charge in [0.1, 0.15) is 0 Å². The SMILES string of the molecule is CCc1cc(CC(N)C2CCCCS2)n(C)n1. The number of hydrogen-bond donors (Lipinski definition) is 1. The van der Waals surface area contributed by atoms with Crippen LogP contribution < -0.4 is 5.73 Å². The van der Waals surface area contributed by atoms with Crippen LogP contribution >= 0.6 is 11.8 Å². The summed E-state index contributed by atoms with van der Waals surface area (Å²) in [6, 6.07) is 2.48. The smallest absolute Gasteiger partial charge is 0.0624 e. The molecule has 1 fully saturated rings. The van der Waals surface area contributed by atoms with Crippen molar-refractivity contribution in [1.82, 2.24) is 9.78 Å². The van der Waals surface area contributed by atoms with Gasteiger partial charge in [-0.2, -0.15) is 16.9 Å². The first-order valence-electron chi connectivity index (χ1n) is 6.59. The fourth-order valence-electron chi connectivity index (χ4n) is 2.41. The Morgan fingerprint density at radius 1 is 1.59 bits per heavy atom. The quantitative estimate of drug-likeness (QED) is 0.894. The Balaban J connectivity index is 1.96. The molecule has 0 bridgehead atoms. The lowest BCUT2D eigenvalue weighted by Gasteiger charge is -2.26. The Bertz CT molecular complexity index is 356. The van der Waals surface area contributed by atoms with Crippen LogP contribution in [0.2, 0.25) is 0 Å². The molecule has 0 radical (unpaired) electrons. The Hall–Kier alpha value is -0.480. The normalized spacial score (nSPS) is 22.6. The van der Waals surface area contributed by atoms with Crippen LogP contribution in [0.1, 0.15) is 37.6 Å². The Kier molecular flexibility index (Phi) is 4.51. The highest BCUT2D eigenvalue weighted by atomic mass is 32.2. The van der Waals surface area contributed by atoms with Gasteiger partial charge < -0.3 is 5.73 Å². The molecule has 1 aromatic heterocycles. The first kappa shape index (κ1) is 13.0. The second kappa shape index (κ2) is 5.91. The molecule has 2 rings (SSSR count). The van der Waals surface area contributed by atoms with Gasteiger partial charge in [0.15, 0.2) is 0 Å². The molecule has 1 aliphatic heterocycles. The largest absolute Gasteiger partial charge is 0.326 e. The number of thioether (sulfide) groups is 1. The summed E-state index contributed by atoms with van der Waals surface area (Å²) >= 11 is 2.05. The van der Waals surface area contributed by atoms with Crippen molar-refractivity contribution in [3.63, 3.8) is 0 Å². The Morgan fingerprint density at radius 2 is 2.41 bits per heavy atom. The number of rotatable bonds is 4. The van der Waals surface area contributed by atoms with Gasteiger partial charge in [-0.25, -0.2) is 0 Å². The highest BCUT2D eigenvalue weighted by Gasteiger charge is 2.22. The molecule has 1 aliphatic rings. The van der Waals surface area contributed by atoms with Gasteiger partial charge in [-0.1, -0.05) is 13.3 Å². The van der Waals surface area contributed by atoms with E-state index < -0.39 is 0 Å². The van der Waals surface area contributed by atoms with Crippen molar-refractivity contribution in [3.05, 3.63) is 17.5 Å². The molecular formula is C13H23N3S. The lowest BCUT2D eigenvalue weighted by molar-refractivity contribution is 0.542. The highest BCUT2D eigenvalue weighted by molar-refractivity contribution is 8.00. The van der Waals surface area contributed by atoms with E-state index in [1.807, 2.05) is 11.7 Å². The summed E-state index contributed by atoms with van der Waals surface area (Å²) in [5, 5.41) is 5.12. The molecule has 96 valence electrons. The van der Waals surface area contributed by atoms with E-state index in [4.69, 9.17) is 5.73 Å². The second-order valence-electron chi connectivity index (χ2n) is 4.88. The average molecular weight is 253 g/mol. The molecule has 1 saturated heterocycles. The first-order valence-corrected chi connectivity index (χ1v) is 7.64. The molecule has 2 unspecified atom stereocenters. The van der Waals surface area contributed by atoms with E-state index in [0.29, 0.717) is 5.25 Å². The van der Waals surface area contributed by atoms with Gasteiger partial charge in [-0.15, -0.1) is 0 Å². The van der Waals surface area contributed by atoms with E-state index in [9.17, 15) is 0 Å². The van der Waals surface area contributed by atoms with E-state index in [-0.39, 0.29) is 6.04 Å². The van der Waals surface area contributed by atoms with Crippen LogP contribution in [0.15, 0.2) is 6.07 Å². The first-order chi connectivity index (χ1) is 8.20. The zero-order valence-electron chi connectivity index (χ0n) is 10.9. The number of nitrogens with two attached hydrogens (primary N) is 1. The van der Waals surface area contributed by atoms with Gasteiger partial charge in [0.2, 0.25) is 0 Å².